The molecule has 134 valence electrons. The number of para-hydroxylation sites is 1. The van der Waals surface area contributed by atoms with Gasteiger partial charge in [0.05, 0.1) is 5.69 Å². The molecule has 0 amide bonds. The highest BCUT2D eigenvalue weighted by atomic mass is 16.3. The van der Waals surface area contributed by atoms with Crippen LogP contribution in [0.5, 0.6) is 5.75 Å². The molecule has 0 saturated heterocycles. The van der Waals surface area contributed by atoms with E-state index in [1.807, 2.05) is 49.1 Å². The van der Waals surface area contributed by atoms with E-state index in [4.69, 9.17) is 0 Å². The summed E-state index contributed by atoms with van der Waals surface area (Å²) in [5, 5.41) is 15.1. The summed E-state index contributed by atoms with van der Waals surface area (Å²) in [5.41, 5.74) is 1.05. The average molecular weight is 352 g/mol. The molecule has 0 radical (unpaired) electrons. The Kier molecular flexibility index (Phi) is 4.62. The molecule has 3 rings (SSSR count). The van der Waals surface area contributed by atoms with Crippen LogP contribution in [-0.4, -0.2) is 32.2 Å². The number of aldehydes is 1. The lowest BCUT2D eigenvalue weighted by atomic mass is 10.1. The van der Waals surface area contributed by atoms with Crippen molar-refractivity contribution in [2.75, 3.05) is 4.90 Å². The van der Waals surface area contributed by atoms with E-state index in [2.05, 4.69) is 10.1 Å². The molecule has 7 nitrogen and oxygen atoms in total. The van der Waals surface area contributed by atoms with E-state index in [0.717, 1.165) is 5.69 Å². The van der Waals surface area contributed by atoms with Crippen LogP contribution in [-0.2, 0) is 7.05 Å². The minimum atomic E-state index is -0.654. The van der Waals surface area contributed by atoms with Gasteiger partial charge in [0.1, 0.15) is 16.9 Å². The van der Waals surface area contributed by atoms with E-state index in [1.54, 1.807) is 24.0 Å². The van der Waals surface area contributed by atoms with Gasteiger partial charge >= 0.3 is 0 Å². The molecule has 7 heteroatoms. The molecular weight excluding hydrogens is 332 g/mol. The Morgan fingerprint density at radius 3 is 2.46 bits per heavy atom. The number of hydrogen-bond donors (Lipinski definition) is 2. The lowest BCUT2D eigenvalue weighted by molar-refractivity contribution is 0.111. The molecule has 3 aromatic rings. The number of aromatic hydroxyl groups is 1. The van der Waals surface area contributed by atoms with Crippen LogP contribution in [0.3, 0.4) is 0 Å². The summed E-state index contributed by atoms with van der Waals surface area (Å²) in [5.74, 6) is -0.359. The van der Waals surface area contributed by atoms with Crippen LogP contribution in [0.4, 0.5) is 11.4 Å². The molecule has 1 aromatic carbocycles. The Bertz CT molecular complexity index is 990. The van der Waals surface area contributed by atoms with Gasteiger partial charge in [0.2, 0.25) is 0 Å². The fourth-order valence-corrected chi connectivity index (χ4v) is 2.95. The van der Waals surface area contributed by atoms with Crippen molar-refractivity contribution in [3.63, 3.8) is 0 Å². The van der Waals surface area contributed by atoms with Crippen molar-refractivity contribution < 1.29 is 9.90 Å². The Morgan fingerprint density at radius 1 is 1.23 bits per heavy atom. The fourth-order valence-electron chi connectivity index (χ4n) is 2.95. The minimum absolute atomic E-state index is 0.0591. The molecule has 2 heterocycles. The molecule has 2 N–H and O–H groups in total. The number of rotatable bonds is 5. The van der Waals surface area contributed by atoms with Crippen molar-refractivity contribution in [3.05, 3.63) is 58.5 Å². The Balaban J connectivity index is 2.36. The largest absolute Gasteiger partial charge is 0.505 e. The maximum absolute atomic E-state index is 12.3. The number of aromatic nitrogens is 3. The first kappa shape index (κ1) is 17.5. The molecule has 0 fully saturated rings. The number of pyridine rings is 1. The lowest BCUT2D eigenvalue weighted by Crippen LogP contribution is -2.28. The van der Waals surface area contributed by atoms with Crippen LogP contribution >= 0.6 is 0 Å². The zero-order chi connectivity index (χ0) is 18.8. The van der Waals surface area contributed by atoms with Crippen molar-refractivity contribution in [2.24, 2.45) is 7.05 Å². The number of aryl methyl sites for hydroxylation is 1. The number of aromatic amines is 1. The van der Waals surface area contributed by atoms with E-state index in [0.29, 0.717) is 23.4 Å². The van der Waals surface area contributed by atoms with Gasteiger partial charge in [-0.2, -0.15) is 5.10 Å². The van der Waals surface area contributed by atoms with Gasteiger partial charge in [-0.1, -0.05) is 18.2 Å². The number of anilines is 2. The summed E-state index contributed by atoms with van der Waals surface area (Å²) in [6.45, 7) is 3.92. The first-order valence-electron chi connectivity index (χ1n) is 8.22. The average Bonchev–Trinajstić information content (AvgIpc) is 3.04. The number of nitrogens with zero attached hydrogens (tertiary/aromatic N) is 3. The van der Waals surface area contributed by atoms with Gasteiger partial charge in [0, 0.05) is 25.0 Å². The van der Waals surface area contributed by atoms with Crippen LogP contribution in [0.15, 0.2) is 47.4 Å². The lowest BCUT2D eigenvalue weighted by Gasteiger charge is -2.31. The zero-order valence-electron chi connectivity index (χ0n) is 14.8. The Labute approximate surface area is 150 Å². The first-order chi connectivity index (χ1) is 12.4. The van der Waals surface area contributed by atoms with Gasteiger partial charge < -0.3 is 15.0 Å². The molecule has 0 aliphatic carbocycles. The van der Waals surface area contributed by atoms with Crippen molar-refractivity contribution in [2.45, 2.75) is 19.9 Å². The smallest absolute Gasteiger partial charge is 0.262 e. The normalized spacial score (nSPS) is 10.9. The maximum Gasteiger partial charge on any atom is 0.262 e. The van der Waals surface area contributed by atoms with Crippen molar-refractivity contribution in [1.29, 1.82) is 0 Å². The van der Waals surface area contributed by atoms with Gasteiger partial charge in [0.25, 0.3) is 5.56 Å². The van der Waals surface area contributed by atoms with Crippen molar-refractivity contribution >= 4 is 17.7 Å². The Morgan fingerprint density at radius 2 is 1.92 bits per heavy atom. The second-order valence-corrected chi connectivity index (χ2v) is 6.23. The summed E-state index contributed by atoms with van der Waals surface area (Å²) < 4.78 is 1.60. The Hall–Kier alpha value is -3.35. The fraction of sp³-hybridized carbons (Fsp3) is 0.211. The van der Waals surface area contributed by atoms with E-state index < -0.39 is 5.56 Å². The monoisotopic (exact) mass is 352 g/mol. The van der Waals surface area contributed by atoms with Gasteiger partial charge in [-0.15, -0.1) is 0 Å². The van der Waals surface area contributed by atoms with Gasteiger partial charge in [0.15, 0.2) is 12.0 Å². The van der Waals surface area contributed by atoms with Crippen LogP contribution in [0.1, 0.15) is 24.2 Å². The third-order valence-corrected chi connectivity index (χ3v) is 4.08. The maximum atomic E-state index is 12.3. The molecule has 0 aliphatic heterocycles. The third kappa shape index (κ3) is 2.99. The highest BCUT2D eigenvalue weighted by Gasteiger charge is 2.26. The van der Waals surface area contributed by atoms with Crippen LogP contribution in [0, 0.1) is 0 Å². The van der Waals surface area contributed by atoms with Crippen molar-refractivity contribution in [1.82, 2.24) is 14.8 Å². The molecule has 0 spiro atoms. The predicted octanol–water partition coefficient (Wildman–Crippen LogP) is 2.84. The van der Waals surface area contributed by atoms with Gasteiger partial charge in [-0.3, -0.25) is 14.3 Å². The number of carbonyl (C=O) groups excluding carboxylic acids is 1. The third-order valence-electron chi connectivity index (χ3n) is 4.08. The molecule has 2 aromatic heterocycles. The molecule has 26 heavy (non-hydrogen) atoms. The number of carbonyl (C=O) groups is 1. The highest BCUT2D eigenvalue weighted by Crippen LogP contribution is 2.41. The highest BCUT2D eigenvalue weighted by molar-refractivity contribution is 5.90. The predicted molar refractivity (Wildman–Crippen MR) is 100 cm³/mol. The second-order valence-electron chi connectivity index (χ2n) is 6.23. The number of benzene rings is 1. The minimum Gasteiger partial charge on any atom is -0.505 e. The molecule has 0 bridgehead atoms. The quantitative estimate of drug-likeness (QED) is 0.689. The summed E-state index contributed by atoms with van der Waals surface area (Å²) in [6, 6.07) is 11.1. The molecule has 0 saturated carbocycles. The standard InChI is InChI=1S/C19H20N4O3/c1-12(2)23(13-7-5-4-6-8-13)17-16(15-9-10-22(3)21-15)20-19(26)14(11-24)18(17)25/h4-12H,1-3H3,(H2,20,25,26). The van der Waals surface area contributed by atoms with Crippen LogP contribution in [0.25, 0.3) is 11.4 Å². The van der Waals surface area contributed by atoms with Gasteiger partial charge in [-0.25, -0.2) is 0 Å². The molecule has 0 aliphatic rings. The second kappa shape index (κ2) is 6.87. The number of hydrogen-bond acceptors (Lipinski definition) is 5. The zero-order valence-corrected chi connectivity index (χ0v) is 14.8. The number of nitrogens with one attached hydrogen (secondary N) is 1. The molecule has 0 atom stereocenters. The molecule has 0 unspecified atom stereocenters. The van der Waals surface area contributed by atoms with E-state index >= 15 is 0 Å². The van der Waals surface area contributed by atoms with E-state index in [1.165, 1.54) is 0 Å². The van der Waals surface area contributed by atoms with Crippen LogP contribution in [0.2, 0.25) is 0 Å². The summed E-state index contributed by atoms with van der Waals surface area (Å²) >= 11 is 0. The summed E-state index contributed by atoms with van der Waals surface area (Å²) in [4.78, 5) is 28.2. The summed E-state index contributed by atoms with van der Waals surface area (Å²) in [7, 11) is 1.76. The topological polar surface area (TPSA) is 91.2 Å². The van der Waals surface area contributed by atoms with Crippen molar-refractivity contribution in [3.8, 4) is 17.1 Å². The van der Waals surface area contributed by atoms with Gasteiger partial charge in [-0.05, 0) is 32.0 Å². The first-order valence-corrected chi connectivity index (χ1v) is 8.22. The van der Waals surface area contributed by atoms with E-state index in [-0.39, 0.29) is 17.4 Å². The number of H-pyrrole nitrogens is 1. The summed E-state index contributed by atoms with van der Waals surface area (Å²) in [6.07, 6.45) is 2.10. The SMILES string of the molecule is CC(C)N(c1ccccc1)c1c(-c2ccn(C)n2)[nH]c(=O)c(C=O)c1O. The van der Waals surface area contributed by atoms with Crippen LogP contribution < -0.4 is 10.5 Å². The van der Waals surface area contributed by atoms with E-state index in [9.17, 15) is 14.7 Å². The molecular formula is C19H20N4O3.